The molecule has 0 aliphatic carbocycles. The molecule has 0 saturated carbocycles. The molecule has 0 radical (unpaired) electrons. The van der Waals surface area contributed by atoms with E-state index in [4.69, 9.17) is 15.9 Å². The van der Waals surface area contributed by atoms with E-state index < -0.39 is 0 Å². The Morgan fingerprint density at radius 3 is 2.79 bits per heavy atom. The fourth-order valence-corrected chi connectivity index (χ4v) is 2.09. The summed E-state index contributed by atoms with van der Waals surface area (Å²) in [7, 11) is 0. The molecule has 1 aromatic rings. The summed E-state index contributed by atoms with van der Waals surface area (Å²) in [6.07, 6.45) is 0. The molecule has 0 bridgehead atoms. The van der Waals surface area contributed by atoms with Crippen LogP contribution in [0.3, 0.4) is 0 Å². The zero-order valence-corrected chi connectivity index (χ0v) is 11.5. The van der Waals surface area contributed by atoms with Gasteiger partial charge in [0.05, 0.1) is 13.2 Å². The standard InChI is InChI=1S/C10H17N7OS/c1-2-13-8-14-9(17-3-5-18-6-4-17)16-10(15-8)19-7(11)12/h2-6H2,1H3,(H3,11,12)(H,13,14,15,16). The molecule has 4 N–H and O–H groups in total. The van der Waals surface area contributed by atoms with Crippen LogP contribution in [0.1, 0.15) is 6.92 Å². The molecule has 1 aliphatic heterocycles. The minimum absolute atomic E-state index is 0.0402. The van der Waals surface area contributed by atoms with Crippen LogP contribution in [0.25, 0.3) is 0 Å². The van der Waals surface area contributed by atoms with Crippen molar-refractivity contribution in [1.82, 2.24) is 15.0 Å². The highest BCUT2D eigenvalue weighted by Gasteiger charge is 2.16. The summed E-state index contributed by atoms with van der Waals surface area (Å²) >= 11 is 1.02. The minimum atomic E-state index is -0.0402. The van der Waals surface area contributed by atoms with Crippen molar-refractivity contribution in [2.45, 2.75) is 12.1 Å². The maximum atomic E-state index is 7.31. The number of hydrogen-bond acceptors (Lipinski definition) is 8. The van der Waals surface area contributed by atoms with Crippen molar-refractivity contribution in [2.75, 3.05) is 43.1 Å². The zero-order chi connectivity index (χ0) is 13.7. The quantitative estimate of drug-likeness (QED) is 0.406. The second-order valence-electron chi connectivity index (χ2n) is 3.84. The summed E-state index contributed by atoms with van der Waals surface area (Å²) in [5, 5.41) is 10.8. The number of anilines is 2. The Balaban J connectivity index is 2.24. The summed E-state index contributed by atoms with van der Waals surface area (Å²) in [5.41, 5.74) is 5.37. The van der Waals surface area contributed by atoms with Crippen LogP contribution < -0.4 is 16.0 Å². The molecule has 1 fully saturated rings. The average molecular weight is 283 g/mol. The van der Waals surface area contributed by atoms with Gasteiger partial charge in [-0.05, 0) is 18.7 Å². The van der Waals surface area contributed by atoms with Crippen molar-refractivity contribution in [1.29, 1.82) is 5.41 Å². The van der Waals surface area contributed by atoms with Crippen LogP contribution in [0.5, 0.6) is 0 Å². The monoisotopic (exact) mass is 283 g/mol. The SMILES string of the molecule is CCNc1nc(SC(=N)N)nc(N2CCOCC2)n1. The number of nitrogens with two attached hydrogens (primary N) is 1. The van der Waals surface area contributed by atoms with E-state index in [2.05, 4.69) is 20.3 Å². The Morgan fingerprint density at radius 1 is 1.42 bits per heavy atom. The van der Waals surface area contributed by atoms with Gasteiger partial charge in [0.25, 0.3) is 0 Å². The molecule has 1 aromatic heterocycles. The zero-order valence-electron chi connectivity index (χ0n) is 10.7. The molecular formula is C10H17N7OS. The minimum Gasteiger partial charge on any atom is -0.378 e. The van der Waals surface area contributed by atoms with E-state index in [0.717, 1.165) is 31.4 Å². The molecule has 104 valence electrons. The van der Waals surface area contributed by atoms with Gasteiger partial charge >= 0.3 is 0 Å². The molecule has 19 heavy (non-hydrogen) atoms. The molecule has 2 rings (SSSR count). The third-order valence-corrected chi connectivity index (χ3v) is 3.02. The number of nitrogens with zero attached hydrogens (tertiary/aromatic N) is 4. The number of nitrogens with one attached hydrogen (secondary N) is 2. The summed E-state index contributed by atoms with van der Waals surface area (Å²) < 4.78 is 5.31. The van der Waals surface area contributed by atoms with Crippen molar-refractivity contribution < 1.29 is 4.74 Å². The first-order chi connectivity index (χ1) is 9.19. The van der Waals surface area contributed by atoms with E-state index in [1.165, 1.54) is 0 Å². The first-order valence-electron chi connectivity index (χ1n) is 6.03. The lowest BCUT2D eigenvalue weighted by Crippen LogP contribution is -2.37. The van der Waals surface area contributed by atoms with Gasteiger partial charge < -0.3 is 20.7 Å². The Hall–Kier alpha value is -1.61. The molecule has 0 unspecified atom stereocenters. The first-order valence-corrected chi connectivity index (χ1v) is 6.85. The van der Waals surface area contributed by atoms with Gasteiger partial charge in [0.15, 0.2) is 5.17 Å². The number of amidine groups is 1. The maximum absolute atomic E-state index is 7.31. The Morgan fingerprint density at radius 2 is 2.16 bits per heavy atom. The normalized spacial score (nSPS) is 15.3. The number of hydrogen-bond donors (Lipinski definition) is 3. The van der Waals surface area contributed by atoms with E-state index >= 15 is 0 Å². The predicted molar refractivity (Wildman–Crippen MR) is 74.8 cm³/mol. The van der Waals surface area contributed by atoms with E-state index in [-0.39, 0.29) is 5.17 Å². The smallest absolute Gasteiger partial charge is 0.231 e. The lowest BCUT2D eigenvalue weighted by atomic mass is 10.4. The molecular weight excluding hydrogens is 266 g/mol. The fraction of sp³-hybridized carbons (Fsp3) is 0.600. The van der Waals surface area contributed by atoms with Gasteiger partial charge in [-0.25, -0.2) is 0 Å². The highest BCUT2D eigenvalue weighted by molar-refractivity contribution is 8.13. The van der Waals surface area contributed by atoms with Gasteiger partial charge in [-0.15, -0.1) is 0 Å². The van der Waals surface area contributed by atoms with Gasteiger partial charge in [0, 0.05) is 19.6 Å². The predicted octanol–water partition coefficient (Wildman–Crippen LogP) is 0.126. The molecule has 0 spiro atoms. The highest BCUT2D eigenvalue weighted by Crippen LogP contribution is 2.18. The van der Waals surface area contributed by atoms with E-state index in [9.17, 15) is 0 Å². The van der Waals surface area contributed by atoms with Crippen LogP contribution >= 0.6 is 11.8 Å². The molecule has 0 amide bonds. The molecule has 0 atom stereocenters. The van der Waals surface area contributed by atoms with Gasteiger partial charge in [0.1, 0.15) is 0 Å². The highest BCUT2D eigenvalue weighted by atomic mass is 32.2. The maximum Gasteiger partial charge on any atom is 0.231 e. The van der Waals surface area contributed by atoms with Crippen LogP contribution in [0.15, 0.2) is 5.16 Å². The fourth-order valence-electron chi connectivity index (χ4n) is 1.63. The van der Waals surface area contributed by atoms with Gasteiger partial charge in [-0.2, -0.15) is 15.0 Å². The van der Waals surface area contributed by atoms with Crippen molar-refractivity contribution in [2.24, 2.45) is 5.73 Å². The summed E-state index contributed by atoms with van der Waals surface area (Å²) in [5.74, 6) is 1.10. The lowest BCUT2D eigenvalue weighted by molar-refractivity contribution is 0.122. The number of ether oxygens (including phenoxy) is 1. The van der Waals surface area contributed by atoms with E-state index in [1.807, 2.05) is 11.8 Å². The Kier molecular flexibility index (Phi) is 4.74. The topological polar surface area (TPSA) is 113 Å². The second kappa shape index (κ2) is 6.53. The van der Waals surface area contributed by atoms with Crippen LogP contribution in [-0.2, 0) is 4.74 Å². The van der Waals surface area contributed by atoms with Crippen molar-refractivity contribution >= 4 is 28.8 Å². The molecule has 2 heterocycles. The molecule has 8 nitrogen and oxygen atoms in total. The summed E-state index contributed by atoms with van der Waals surface area (Å²) in [6, 6.07) is 0. The van der Waals surface area contributed by atoms with Crippen LogP contribution in [-0.4, -0.2) is 53.0 Å². The van der Waals surface area contributed by atoms with Gasteiger partial charge in [-0.1, -0.05) is 0 Å². The van der Waals surface area contributed by atoms with E-state index in [0.29, 0.717) is 30.3 Å². The van der Waals surface area contributed by atoms with Crippen molar-refractivity contribution in [3.8, 4) is 0 Å². The number of morpholine rings is 1. The lowest BCUT2D eigenvalue weighted by Gasteiger charge is -2.27. The number of thioether (sulfide) groups is 1. The van der Waals surface area contributed by atoms with Crippen LogP contribution in [0.4, 0.5) is 11.9 Å². The largest absolute Gasteiger partial charge is 0.378 e. The second-order valence-corrected chi connectivity index (χ2v) is 4.85. The van der Waals surface area contributed by atoms with E-state index in [1.54, 1.807) is 0 Å². The third-order valence-electron chi connectivity index (χ3n) is 2.43. The van der Waals surface area contributed by atoms with Gasteiger partial charge in [0.2, 0.25) is 17.1 Å². The summed E-state index contributed by atoms with van der Waals surface area (Å²) in [6.45, 7) is 5.51. The molecule has 0 aromatic carbocycles. The molecule has 1 saturated heterocycles. The third kappa shape index (κ3) is 3.93. The summed E-state index contributed by atoms with van der Waals surface area (Å²) in [4.78, 5) is 14.9. The number of rotatable bonds is 4. The van der Waals surface area contributed by atoms with Crippen molar-refractivity contribution in [3.63, 3.8) is 0 Å². The van der Waals surface area contributed by atoms with Crippen molar-refractivity contribution in [3.05, 3.63) is 0 Å². The number of aromatic nitrogens is 3. The first kappa shape index (κ1) is 13.8. The van der Waals surface area contributed by atoms with Crippen LogP contribution in [0, 0.1) is 5.41 Å². The van der Waals surface area contributed by atoms with Gasteiger partial charge in [-0.3, -0.25) is 5.41 Å². The Labute approximate surface area is 115 Å². The van der Waals surface area contributed by atoms with Crippen LogP contribution in [0.2, 0.25) is 0 Å². The average Bonchev–Trinajstić information content (AvgIpc) is 2.39. The molecule has 9 heteroatoms. The molecule has 1 aliphatic rings. The Bertz CT molecular complexity index is 450.